The van der Waals surface area contributed by atoms with E-state index in [0.717, 1.165) is 9.87 Å². The molecule has 2 heterocycles. The van der Waals surface area contributed by atoms with Crippen LogP contribution >= 0.6 is 11.6 Å². The molecule has 1 aromatic heterocycles. The number of para-hydroxylation sites is 1. The van der Waals surface area contributed by atoms with E-state index in [-0.39, 0.29) is 29.2 Å². The molecule has 1 aliphatic heterocycles. The van der Waals surface area contributed by atoms with Gasteiger partial charge in [0.25, 0.3) is 0 Å². The number of halogens is 1. The molecule has 0 bridgehead atoms. The minimum atomic E-state index is -4.29. The van der Waals surface area contributed by atoms with Gasteiger partial charge in [-0.3, -0.25) is 9.59 Å². The number of hydrogen-bond donors (Lipinski definition) is 2. The maximum Gasteiger partial charge on any atom is 0.325 e. The van der Waals surface area contributed by atoms with Gasteiger partial charge in [0.05, 0.1) is 19.0 Å². The van der Waals surface area contributed by atoms with E-state index in [1.807, 2.05) is 6.07 Å². The molecule has 0 unspecified atom stereocenters. The van der Waals surface area contributed by atoms with E-state index < -0.39 is 16.2 Å². The Bertz CT molecular complexity index is 1470. The molecule has 0 saturated heterocycles. The summed E-state index contributed by atoms with van der Waals surface area (Å²) in [5, 5.41) is 8.58. The lowest BCUT2D eigenvalue weighted by atomic mass is 10.1. The van der Waals surface area contributed by atoms with Gasteiger partial charge in [-0.1, -0.05) is 29.8 Å². The van der Waals surface area contributed by atoms with E-state index in [1.54, 1.807) is 43.3 Å². The lowest BCUT2D eigenvalue weighted by Gasteiger charge is -2.24. The quantitative estimate of drug-likeness (QED) is 0.430. The first kappa shape index (κ1) is 26.3. The summed E-state index contributed by atoms with van der Waals surface area (Å²) in [6, 6.07) is 12.0. The Hall–Kier alpha value is -3.74. The number of hydrogen-bond acceptors (Lipinski definition) is 8. The third-order valence-corrected chi connectivity index (χ3v) is 6.93. The SMILES string of the molecule is COC(=O)CN1C(=O)CCCc2cc(Nc3ncc(Cl)c(N(c4ccccc4C)S(N)(=O)=O)n3)ccc21. The summed E-state index contributed by atoms with van der Waals surface area (Å²) < 4.78 is 30.7. The molecule has 1 aliphatic rings. The van der Waals surface area contributed by atoms with Crippen LogP contribution < -0.4 is 19.7 Å². The number of amides is 1. The molecule has 4 rings (SSSR count). The average molecular weight is 545 g/mol. The Labute approximate surface area is 219 Å². The summed E-state index contributed by atoms with van der Waals surface area (Å²) in [5.74, 6) is -0.702. The molecular formula is C24H25ClN6O5S. The Morgan fingerprint density at radius 2 is 2.00 bits per heavy atom. The van der Waals surface area contributed by atoms with Crippen molar-refractivity contribution in [1.82, 2.24) is 9.97 Å². The van der Waals surface area contributed by atoms with Gasteiger partial charge in [0.1, 0.15) is 11.6 Å². The average Bonchev–Trinajstić information content (AvgIpc) is 2.99. The number of carbonyl (C=O) groups excluding carboxylic acids is 2. The number of nitrogens with two attached hydrogens (primary N) is 1. The molecule has 0 radical (unpaired) electrons. The van der Waals surface area contributed by atoms with Gasteiger partial charge in [-0.25, -0.2) is 14.4 Å². The second-order valence-electron chi connectivity index (χ2n) is 8.34. The summed E-state index contributed by atoms with van der Waals surface area (Å²) in [7, 11) is -3.02. The second-order valence-corrected chi connectivity index (χ2v) is 10.1. The smallest absolute Gasteiger partial charge is 0.325 e. The van der Waals surface area contributed by atoms with Crippen molar-refractivity contribution in [2.24, 2.45) is 5.14 Å². The Morgan fingerprint density at radius 1 is 1.24 bits per heavy atom. The van der Waals surface area contributed by atoms with Crippen molar-refractivity contribution in [2.45, 2.75) is 26.2 Å². The highest BCUT2D eigenvalue weighted by atomic mass is 35.5. The fourth-order valence-electron chi connectivity index (χ4n) is 4.05. The van der Waals surface area contributed by atoms with E-state index in [9.17, 15) is 18.0 Å². The number of ether oxygens (including phenoxy) is 1. The third-order valence-electron chi connectivity index (χ3n) is 5.79. The number of esters is 1. The molecule has 37 heavy (non-hydrogen) atoms. The number of fused-ring (bicyclic) bond motifs is 1. The van der Waals surface area contributed by atoms with E-state index in [1.165, 1.54) is 18.2 Å². The topological polar surface area (TPSA) is 148 Å². The lowest BCUT2D eigenvalue weighted by Crippen LogP contribution is -2.35. The van der Waals surface area contributed by atoms with Gasteiger partial charge in [-0.2, -0.15) is 13.4 Å². The number of anilines is 5. The van der Waals surface area contributed by atoms with Crippen molar-refractivity contribution in [1.29, 1.82) is 0 Å². The van der Waals surface area contributed by atoms with Gasteiger partial charge in [0.2, 0.25) is 11.9 Å². The summed E-state index contributed by atoms with van der Waals surface area (Å²) >= 11 is 6.31. The monoisotopic (exact) mass is 544 g/mol. The number of carbonyl (C=O) groups is 2. The molecular weight excluding hydrogens is 520 g/mol. The van der Waals surface area contributed by atoms with Crippen LogP contribution in [0.1, 0.15) is 24.0 Å². The summed E-state index contributed by atoms with van der Waals surface area (Å²) in [5.41, 5.74) is 3.02. The van der Waals surface area contributed by atoms with E-state index >= 15 is 0 Å². The zero-order valence-corrected chi connectivity index (χ0v) is 21.7. The molecule has 11 nitrogen and oxygen atoms in total. The highest BCUT2D eigenvalue weighted by molar-refractivity contribution is 7.90. The zero-order valence-electron chi connectivity index (χ0n) is 20.1. The van der Waals surface area contributed by atoms with Crippen LogP contribution in [0.15, 0.2) is 48.7 Å². The van der Waals surface area contributed by atoms with E-state index in [4.69, 9.17) is 21.5 Å². The minimum Gasteiger partial charge on any atom is -0.468 e. The summed E-state index contributed by atoms with van der Waals surface area (Å²) in [6.45, 7) is 1.56. The predicted molar refractivity (Wildman–Crippen MR) is 140 cm³/mol. The first-order valence-corrected chi connectivity index (χ1v) is 13.1. The predicted octanol–water partition coefficient (Wildman–Crippen LogP) is 3.37. The van der Waals surface area contributed by atoms with Crippen LogP contribution in [-0.2, 0) is 31.0 Å². The Morgan fingerprint density at radius 3 is 2.70 bits per heavy atom. The molecule has 3 aromatic rings. The van der Waals surface area contributed by atoms with Crippen molar-refractivity contribution >= 4 is 62.5 Å². The highest BCUT2D eigenvalue weighted by Crippen LogP contribution is 2.35. The van der Waals surface area contributed by atoms with Crippen molar-refractivity contribution in [3.05, 3.63) is 64.8 Å². The molecule has 0 fully saturated rings. The second kappa shape index (κ2) is 10.7. The van der Waals surface area contributed by atoms with E-state index in [2.05, 4.69) is 15.3 Å². The Kier molecular flexibility index (Phi) is 7.62. The molecule has 0 saturated carbocycles. The van der Waals surface area contributed by atoms with Crippen LogP contribution in [-0.4, -0.2) is 43.9 Å². The van der Waals surface area contributed by atoms with Crippen LogP contribution in [0.5, 0.6) is 0 Å². The summed E-state index contributed by atoms with van der Waals surface area (Å²) in [4.78, 5) is 34.4. The molecule has 194 valence electrons. The van der Waals surface area contributed by atoms with Crippen LogP contribution in [0.2, 0.25) is 5.02 Å². The first-order chi connectivity index (χ1) is 17.6. The molecule has 0 spiro atoms. The van der Waals surface area contributed by atoms with Gasteiger partial charge in [0, 0.05) is 17.8 Å². The fourth-order valence-corrected chi connectivity index (χ4v) is 5.13. The van der Waals surface area contributed by atoms with Gasteiger partial charge < -0.3 is 15.0 Å². The largest absolute Gasteiger partial charge is 0.468 e. The number of nitrogens with zero attached hydrogens (tertiary/aromatic N) is 4. The van der Waals surface area contributed by atoms with Gasteiger partial charge in [-0.15, -0.1) is 0 Å². The van der Waals surface area contributed by atoms with Crippen molar-refractivity contribution in [3.8, 4) is 0 Å². The number of aromatic nitrogens is 2. The molecule has 13 heteroatoms. The minimum absolute atomic E-state index is 0.0123. The van der Waals surface area contributed by atoms with Gasteiger partial charge >= 0.3 is 16.2 Å². The lowest BCUT2D eigenvalue weighted by molar-refractivity contribution is -0.140. The molecule has 1 amide bonds. The first-order valence-electron chi connectivity index (χ1n) is 11.3. The number of nitrogens with one attached hydrogen (secondary N) is 1. The zero-order chi connectivity index (χ0) is 26.7. The van der Waals surface area contributed by atoms with Crippen molar-refractivity contribution in [3.63, 3.8) is 0 Å². The normalized spacial score (nSPS) is 13.5. The summed E-state index contributed by atoms with van der Waals surface area (Å²) in [6.07, 6.45) is 2.82. The number of rotatable bonds is 7. The molecule has 2 aromatic carbocycles. The highest BCUT2D eigenvalue weighted by Gasteiger charge is 2.27. The number of benzene rings is 2. The number of aryl methyl sites for hydroxylation is 2. The van der Waals surface area contributed by atoms with Crippen LogP contribution in [0.4, 0.5) is 28.8 Å². The van der Waals surface area contributed by atoms with Crippen molar-refractivity contribution < 1.29 is 22.7 Å². The third kappa shape index (κ3) is 5.82. The standard InChI is InChI=1S/C24H25ClN6O5S/c1-15-6-3-4-8-19(15)31(37(26,34)35)23-18(25)13-27-24(29-23)28-17-10-11-20-16(12-17)7-5-9-21(32)30(20)14-22(33)36-2/h3-4,6,8,10-13H,5,7,9,14H2,1-2H3,(H2,26,34,35)(H,27,28,29). The van der Waals surface area contributed by atoms with E-state index in [0.29, 0.717) is 41.9 Å². The van der Waals surface area contributed by atoms with Crippen LogP contribution in [0.25, 0.3) is 0 Å². The van der Waals surface area contributed by atoms with Crippen LogP contribution in [0, 0.1) is 6.92 Å². The molecule has 3 N–H and O–H groups in total. The van der Waals surface area contributed by atoms with Crippen LogP contribution in [0.3, 0.4) is 0 Å². The van der Waals surface area contributed by atoms with Gasteiger partial charge in [-0.05, 0) is 55.2 Å². The number of methoxy groups -OCH3 is 1. The maximum absolute atomic E-state index is 12.6. The molecule has 0 atom stereocenters. The van der Waals surface area contributed by atoms with Crippen molar-refractivity contribution in [2.75, 3.05) is 28.2 Å². The maximum atomic E-state index is 12.6. The fraction of sp³-hybridized carbons (Fsp3) is 0.250. The molecule has 0 aliphatic carbocycles. The Balaban J connectivity index is 1.69. The van der Waals surface area contributed by atoms with Gasteiger partial charge in [0.15, 0.2) is 5.82 Å².